The van der Waals surface area contributed by atoms with Gasteiger partial charge in [-0.25, -0.2) is 0 Å². The molecule has 0 radical (unpaired) electrons. The minimum absolute atomic E-state index is 0.237. The average Bonchev–Trinajstić information content (AvgIpc) is 2.93. The molecule has 2 rings (SSSR count). The first-order valence-electron chi connectivity index (χ1n) is 6.94. The van der Waals surface area contributed by atoms with Gasteiger partial charge in [0.2, 0.25) is 5.91 Å². The van der Waals surface area contributed by atoms with Crippen LogP contribution in [0.25, 0.3) is 0 Å². The Balaban J connectivity index is 1.60. The van der Waals surface area contributed by atoms with Gasteiger partial charge in [0.15, 0.2) is 0 Å². The zero-order valence-corrected chi connectivity index (χ0v) is 11.2. The maximum Gasteiger partial charge on any atom is 0.224 e. The zero-order valence-electron chi connectivity index (χ0n) is 11.2. The van der Waals surface area contributed by atoms with Crippen LogP contribution in [0.5, 0.6) is 0 Å². The van der Waals surface area contributed by atoms with Crippen LogP contribution in [0.4, 0.5) is 0 Å². The standard InChI is InChI=1S/C13H24N2O3/c1-11(12-3-7-18-10-12)14-4-2-13(16)15-5-8-17-9-6-15/h11-12,14H,2-10H2,1H3. The van der Waals surface area contributed by atoms with Gasteiger partial charge in [-0.1, -0.05) is 0 Å². The van der Waals surface area contributed by atoms with Crippen LogP contribution in [0.2, 0.25) is 0 Å². The molecule has 2 unspecified atom stereocenters. The highest BCUT2D eigenvalue weighted by atomic mass is 16.5. The maximum absolute atomic E-state index is 11.9. The summed E-state index contributed by atoms with van der Waals surface area (Å²) >= 11 is 0. The number of nitrogens with zero attached hydrogens (tertiary/aromatic N) is 1. The van der Waals surface area contributed by atoms with Gasteiger partial charge in [-0.05, 0) is 19.3 Å². The molecule has 2 heterocycles. The van der Waals surface area contributed by atoms with Crippen molar-refractivity contribution in [1.29, 1.82) is 0 Å². The lowest BCUT2D eigenvalue weighted by Gasteiger charge is -2.27. The van der Waals surface area contributed by atoms with Gasteiger partial charge >= 0.3 is 0 Å². The number of carbonyl (C=O) groups is 1. The van der Waals surface area contributed by atoms with Crippen LogP contribution in [0, 0.1) is 5.92 Å². The summed E-state index contributed by atoms with van der Waals surface area (Å²) in [7, 11) is 0. The van der Waals surface area contributed by atoms with Crippen molar-refractivity contribution in [1.82, 2.24) is 10.2 Å². The molecule has 0 aromatic rings. The first-order chi connectivity index (χ1) is 8.77. The van der Waals surface area contributed by atoms with E-state index in [1.165, 1.54) is 0 Å². The molecule has 18 heavy (non-hydrogen) atoms. The number of carbonyl (C=O) groups excluding carboxylic acids is 1. The van der Waals surface area contributed by atoms with E-state index in [4.69, 9.17) is 9.47 Å². The largest absolute Gasteiger partial charge is 0.381 e. The second kappa shape index (κ2) is 7.07. The van der Waals surface area contributed by atoms with Crippen LogP contribution in [0.1, 0.15) is 19.8 Å². The Kier molecular flexibility index (Phi) is 5.41. The highest BCUT2D eigenvalue weighted by Gasteiger charge is 2.22. The summed E-state index contributed by atoms with van der Waals surface area (Å²) in [6, 6.07) is 0.435. The Bertz CT molecular complexity index is 261. The molecule has 1 N–H and O–H groups in total. The molecule has 5 nitrogen and oxygen atoms in total. The predicted molar refractivity (Wildman–Crippen MR) is 68.4 cm³/mol. The summed E-state index contributed by atoms with van der Waals surface area (Å²) in [6.45, 7) is 7.50. The first kappa shape index (κ1) is 13.8. The van der Waals surface area contributed by atoms with Gasteiger partial charge in [0.05, 0.1) is 19.8 Å². The van der Waals surface area contributed by atoms with Crippen LogP contribution in [0.3, 0.4) is 0 Å². The molecular weight excluding hydrogens is 232 g/mol. The summed E-state index contributed by atoms with van der Waals surface area (Å²) < 4.78 is 10.6. The molecule has 2 aliphatic rings. The molecule has 0 spiro atoms. The Morgan fingerprint density at radius 2 is 2.11 bits per heavy atom. The molecule has 2 atom stereocenters. The van der Waals surface area contributed by atoms with E-state index < -0.39 is 0 Å². The second-order valence-electron chi connectivity index (χ2n) is 5.11. The molecular formula is C13H24N2O3. The van der Waals surface area contributed by atoms with Crippen LogP contribution in [0.15, 0.2) is 0 Å². The summed E-state index contributed by atoms with van der Waals surface area (Å²) in [5.74, 6) is 0.837. The zero-order chi connectivity index (χ0) is 12.8. The second-order valence-corrected chi connectivity index (χ2v) is 5.11. The minimum Gasteiger partial charge on any atom is -0.381 e. The molecule has 0 bridgehead atoms. The highest BCUT2D eigenvalue weighted by molar-refractivity contribution is 5.76. The fourth-order valence-corrected chi connectivity index (χ4v) is 2.49. The SMILES string of the molecule is CC(NCCC(=O)N1CCOCC1)C1CCOC1. The molecule has 0 saturated carbocycles. The van der Waals surface area contributed by atoms with E-state index in [0.717, 1.165) is 39.3 Å². The summed E-state index contributed by atoms with van der Waals surface area (Å²) in [5.41, 5.74) is 0. The molecule has 0 aromatic heterocycles. The van der Waals surface area contributed by atoms with Crippen molar-refractivity contribution in [2.45, 2.75) is 25.8 Å². The molecule has 0 aromatic carbocycles. The smallest absolute Gasteiger partial charge is 0.224 e. The third-order valence-electron chi connectivity index (χ3n) is 3.84. The Labute approximate surface area is 109 Å². The van der Waals surface area contributed by atoms with Crippen molar-refractivity contribution in [3.05, 3.63) is 0 Å². The van der Waals surface area contributed by atoms with Gasteiger partial charge in [0.25, 0.3) is 0 Å². The van der Waals surface area contributed by atoms with Crippen LogP contribution in [-0.4, -0.2) is 62.9 Å². The first-order valence-corrected chi connectivity index (χ1v) is 6.94. The summed E-state index contributed by atoms with van der Waals surface area (Å²) in [6.07, 6.45) is 1.71. The van der Waals surface area contributed by atoms with Gasteiger partial charge in [-0.2, -0.15) is 0 Å². The maximum atomic E-state index is 11.9. The van der Waals surface area contributed by atoms with Gasteiger partial charge in [0.1, 0.15) is 0 Å². The lowest BCUT2D eigenvalue weighted by molar-refractivity contribution is -0.135. The topological polar surface area (TPSA) is 50.8 Å². The van der Waals surface area contributed by atoms with Gasteiger partial charge in [-0.15, -0.1) is 0 Å². The van der Waals surface area contributed by atoms with Crippen molar-refractivity contribution >= 4 is 5.91 Å². The number of morpholine rings is 1. The normalized spacial score (nSPS) is 26.3. The van der Waals surface area contributed by atoms with E-state index in [-0.39, 0.29) is 5.91 Å². The van der Waals surface area contributed by atoms with Gasteiger partial charge < -0.3 is 19.7 Å². The molecule has 2 saturated heterocycles. The van der Waals surface area contributed by atoms with Crippen molar-refractivity contribution in [3.8, 4) is 0 Å². The van der Waals surface area contributed by atoms with Gasteiger partial charge in [0, 0.05) is 38.7 Å². The van der Waals surface area contributed by atoms with E-state index in [0.29, 0.717) is 31.6 Å². The van der Waals surface area contributed by atoms with E-state index in [1.807, 2.05) is 4.90 Å². The van der Waals surface area contributed by atoms with E-state index in [9.17, 15) is 4.79 Å². The summed E-state index contributed by atoms with van der Waals surface area (Å²) in [4.78, 5) is 13.8. The van der Waals surface area contributed by atoms with E-state index >= 15 is 0 Å². The Morgan fingerprint density at radius 1 is 1.33 bits per heavy atom. The van der Waals surface area contributed by atoms with E-state index in [2.05, 4.69) is 12.2 Å². The number of amides is 1. The van der Waals surface area contributed by atoms with Crippen LogP contribution < -0.4 is 5.32 Å². The highest BCUT2D eigenvalue weighted by Crippen LogP contribution is 2.16. The lowest BCUT2D eigenvalue weighted by Crippen LogP contribution is -2.42. The quantitative estimate of drug-likeness (QED) is 0.766. The lowest BCUT2D eigenvalue weighted by atomic mass is 10.0. The fourth-order valence-electron chi connectivity index (χ4n) is 2.49. The van der Waals surface area contributed by atoms with Crippen LogP contribution >= 0.6 is 0 Å². The molecule has 5 heteroatoms. The third-order valence-corrected chi connectivity index (χ3v) is 3.84. The van der Waals surface area contributed by atoms with Crippen LogP contribution in [-0.2, 0) is 14.3 Å². The number of nitrogens with one attached hydrogen (secondary N) is 1. The van der Waals surface area contributed by atoms with Crippen molar-refractivity contribution in [2.24, 2.45) is 5.92 Å². The molecule has 1 amide bonds. The number of rotatable bonds is 5. The fraction of sp³-hybridized carbons (Fsp3) is 0.923. The molecule has 2 fully saturated rings. The Hall–Kier alpha value is -0.650. The molecule has 2 aliphatic heterocycles. The predicted octanol–water partition coefficient (Wildman–Crippen LogP) is 0.250. The van der Waals surface area contributed by atoms with E-state index in [1.54, 1.807) is 0 Å². The minimum atomic E-state index is 0.237. The van der Waals surface area contributed by atoms with Crippen molar-refractivity contribution < 1.29 is 14.3 Å². The van der Waals surface area contributed by atoms with Crippen molar-refractivity contribution in [2.75, 3.05) is 46.1 Å². The Morgan fingerprint density at radius 3 is 2.78 bits per heavy atom. The third kappa shape index (κ3) is 3.93. The number of hydrogen-bond acceptors (Lipinski definition) is 4. The number of ether oxygens (including phenoxy) is 2. The molecule has 104 valence electrons. The van der Waals surface area contributed by atoms with Gasteiger partial charge in [-0.3, -0.25) is 4.79 Å². The van der Waals surface area contributed by atoms with Crippen molar-refractivity contribution in [3.63, 3.8) is 0 Å². The molecule has 0 aliphatic carbocycles. The monoisotopic (exact) mass is 256 g/mol. The average molecular weight is 256 g/mol. The number of hydrogen-bond donors (Lipinski definition) is 1. The summed E-state index contributed by atoms with van der Waals surface area (Å²) in [5, 5.41) is 3.44.